The predicted molar refractivity (Wildman–Crippen MR) is 133 cm³/mol. The van der Waals surface area contributed by atoms with E-state index in [9.17, 15) is 9.59 Å². The number of hydrogen-bond acceptors (Lipinski definition) is 7. The molecule has 0 aliphatic carbocycles. The Hall–Kier alpha value is -4.24. The maximum absolute atomic E-state index is 12.3. The SMILES string of the molecule is COc1ccc(NC(=O)COc2c(Cl)cc(/C=N/NC(=O)c3cccc(OC)c3)cc2OC)cc1. The minimum atomic E-state index is -0.402. The Kier molecular flexibility index (Phi) is 8.91. The third-order valence-electron chi connectivity index (χ3n) is 4.68. The number of anilines is 1. The van der Waals surface area contributed by atoms with Crippen LogP contribution in [0.25, 0.3) is 0 Å². The smallest absolute Gasteiger partial charge is 0.271 e. The highest BCUT2D eigenvalue weighted by molar-refractivity contribution is 6.32. The van der Waals surface area contributed by atoms with Crippen LogP contribution < -0.4 is 29.7 Å². The molecule has 3 aromatic carbocycles. The molecular formula is C25H24ClN3O6. The lowest BCUT2D eigenvalue weighted by Crippen LogP contribution is -2.20. The Morgan fingerprint density at radius 1 is 0.943 bits per heavy atom. The van der Waals surface area contributed by atoms with Crippen LogP contribution in [0.3, 0.4) is 0 Å². The number of carbonyl (C=O) groups is 2. The van der Waals surface area contributed by atoms with Gasteiger partial charge in [-0.25, -0.2) is 5.43 Å². The monoisotopic (exact) mass is 497 g/mol. The Morgan fingerprint density at radius 2 is 1.69 bits per heavy atom. The highest BCUT2D eigenvalue weighted by Gasteiger charge is 2.14. The van der Waals surface area contributed by atoms with Crippen LogP contribution in [0.4, 0.5) is 5.69 Å². The molecule has 2 amide bonds. The summed E-state index contributed by atoms with van der Waals surface area (Å²) >= 11 is 6.35. The highest BCUT2D eigenvalue weighted by atomic mass is 35.5. The van der Waals surface area contributed by atoms with Crippen molar-refractivity contribution >= 4 is 35.3 Å². The quantitative estimate of drug-likeness (QED) is 0.322. The number of amides is 2. The zero-order valence-electron chi connectivity index (χ0n) is 19.3. The number of carbonyl (C=O) groups excluding carboxylic acids is 2. The number of rotatable bonds is 10. The predicted octanol–water partition coefficient (Wildman–Crippen LogP) is 4.15. The van der Waals surface area contributed by atoms with E-state index in [2.05, 4.69) is 15.8 Å². The molecule has 182 valence electrons. The molecule has 0 saturated carbocycles. The van der Waals surface area contributed by atoms with E-state index in [1.54, 1.807) is 67.8 Å². The van der Waals surface area contributed by atoms with E-state index in [0.717, 1.165) is 0 Å². The summed E-state index contributed by atoms with van der Waals surface area (Å²) in [6.07, 6.45) is 1.41. The summed E-state index contributed by atoms with van der Waals surface area (Å²) in [5.41, 5.74) is 3.98. The number of halogens is 1. The number of nitrogens with zero attached hydrogens (tertiary/aromatic N) is 1. The molecule has 0 atom stereocenters. The van der Waals surface area contributed by atoms with Crippen molar-refractivity contribution in [2.24, 2.45) is 5.10 Å². The lowest BCUT2D eigenvalue weighted by atomic mass is 10.2. The van der Waals surface area contributed by atoms with E-state index in [-0.39, 0.29) is 23.3 Å². The molecule has 0 fully saturated rings. The molecule has 0 bridgehead atoms. The van der Waals surface area contributed by atoms with Crippen LogP contribution in [0.5, 0.6) is 23.0 Å². The summed E-state index contributed by atoms with van der Waals surface area (Å²) in [6, 6.07) is 16.8. The fourth-order valence-electron chi connectivity index (χ4n) is 2.96. The number of ether oxygens (including phenoxy) is 4. The molecular weight excluding hydrogens is 474 g/mol. The average Bonchev–Trinajstić information content (AvgIpc) is 2.88. The third kappa shape index (κ3) is 7.12. The molecule has 35 heavy (non-hydrogen) atoms. The van der Waals surface area contributed by atoms with Gasteiger partial charge in [-0.1, -0.05) is 17.7 Å². The molecule has 3 aromatic rings. The van der Waals surface area contributed by atoms with Crippen molar-refractivity contribution in [3.63, 3.8) is 0 Å². The summed E-state index contributed by atoms with van der Waals surface area (Å²) in [7, 11) is 4.53. The van der Waals surface area contributed by atoms with E-state index in [1.807, 2.05) is 0 Å². The van der Waals surface area contributed by atoms with E-state index >= 15 is 0 Å². The van der Waals surface area contributed by atoms with Crippen molar-refractivity contribution in [1.29, 1.82) is 0 Å². The second-order valence-electron chi connectivity index (χ2n) is 7.03. The summed E-state index contributed by atoms with van der Waals surface area (Å²) in [5.74, 6) is 0.970. The van der Waals surface area contributed by atoms with Gasteiger partial charge >= 0.3 is 0 Å². The van der Waals surface area contributed by atoms with Crippen molar-refractivity contribution < 1.29 is 28.5 Å². The van der Waals surface area contributed by atoms with Crippen LogP contribution >= 0.6 is 11.6 Å². The van der Waals surface area contributed by atoms with Gasteiger partial charge in [0.25, 0.3) is 11.8 Å². The zero-order valence-corrected chi connectivity index (χ0v) is 20.1. The Bertz CT molecular complexity index is 1210. The van der Waals surface area contributed by atoms with Gasteiger partial charge in [0.15, 0.2) is 18.1 Å². The van der Waals surface area contributed by atoms with Gasteiger partial charge in [0.1, 0.15) is 11.5 Å². The van der Waals surface area contributed by atoms with E-state index in [0.29, 0.717) is 34.1 Å². The molecule has 0 saturated heterocycles. The summed E-state index contributed by atoms with van der Waals surface area (Å²) in [4.78, 5) is 24.5. The second kappa shape index (κ2) is 12.3. The topological polar surface area (TPSA) is 107 Å². The minimum absolute atomic E-state index is 0.205. The lowest BCUT2D eigenvalue weighted by molar-refractivity contribution is -0.118. The Balaban J connectivity index is 1.61. The summed E-state index contributed by atoms with van der Waals surface area (Å²) in [5, 5.41) is 6.89. The molecule has 0 heterocycles. The van der Waals surface area contributed by atoms with Gasteiger partial charge in [-0.15, -0.1) is 0 Å². The van der Waals surface area contributed by atoms with Crippen molar-refractivity contribution in [1.82, 2.24) is 5.43 Å². The molecule has 3 rings (SSSR count). The van der Waals surface area contributed by atoms with E-state index in [4.69, 9.17) is 30.5 Å². The van der Waals surface area contributed by atoms with Crippen LogP contribution in [0.1, 0.15) is 15.9 Å². The van der Waals surface area contributed by atoms with Gasteiger partial charge in [0, 0.05) is 11.3 Å². The number of methoxy groups -OCH3 is 3. The maximum atomic E-state index is 12.3. The van der Waals surface area contributed by atoms with Gasteiger partial charge in [0.05, 0.1) is 32.6 Å². The van der Waals surface area contributed by atoms with Gasteiger partial charge in [-0.05, 0) is 60.2 Å². The van der Waals surface area contributed by atoms with Crippen LogP contribution in [0.2, 0.25) is 5.02 Å². The third-order valence-corrected chi connectivity index (χ3v) is 4.97. The Labute approximate surface area is 207 Å². The first-order valence-corrected chi connectivity index (χ1v) is 10.7. The standard InChI is InChI=1S/C25H24ClN3O6/c1-32-19-9-7-18(8-10-19)28-23(30)15-35-24-21(26)11-16(12-22(24)34-3)14-27-29-25(31)17-5-4-6-20(13-17)33-2/h4-14H,15H2,1-3H3,(H,28,30)(H,29,31)/b27-14+. The van der Waals surface area contributed by atoms with Gasteiger partial charge < -0.3 is 24.3 Å². The van der Waals surface area contributed by atoms with Crippen LogP contribution in [0.15, 0.2) is 65.8 Å². The maximum Gasteiger partial charge on any atom is 0.271 e. The first kappa shape index (κ1) is 25.4. The molecule has 0 aromatic heterocycles. The van der Waals surface area contributed by atoms with Crippen LogP contribution in [-0.4, -0.2) is 46.0 Å². The van der Waals surface area contributed by atoms with Gasteiger partial charge in [-0.2, -0.15) is 5.10 Å². The van der Waals surface area contributed by atoms with Crippen molar-refractivity contribution in [3.8, 4) is 23.0 Å². The van der Waals surface area contributed by atoms with Crippen molar-refractivity contribution in [2.45, 2.75) is 0 Å². The molecule has 0 radical (unpaired) electrons. The van der Waals surface area contributed by atoms with Crippen LogP contribution in [-0.2, 0) is 4.79 Å². The first-order chi connectivity index (χ1) is 16.9. The van der Waals surface area contributed by atoms with E-state index < -0.39 is 5.91 Å². The molecule has 0 aliphatic rings. The van der Waals surface area contributed by atoms with E-state index in [1.165, 1.54) is 20.4 Å². The molecule has 0 unspecified atom stereocenters. The van der Waals surface area contributed by atoms with Gasteiger partial charge in [-0.3, -0.25) is 9.59 Å². The van der Waals surface area contributed by atoms with Crippen LogP contribution in [0, 0.1) is 0 Å². The second-order valence-corrected chi connectivity index (χ2v) is 7.44. The number of hydrazone groups is 1. The summed E-state index contributed by atoms with van der Waals surface area (Å²) in [6.45, 7) is -0.286. The molecule has 2 N–H and O–H groups in total. The lowest BCUT2D eigenvalue weighted by Gasteiger charge is -2.13. The molecule has 0 aliphatic heterocycles. The minimum Gasteiger partial charge on any atom is -0.497 e. The largest absolute Gasteiger partial charge is 0.497 e. The van der Waals surface area contributed by atoms with Crippen molar-refractivity contribution in [2.75, 3.05) is 33.3 Å². The zero-order chi connectivity index (χ0) is 25.2. The normalized spacial score (nSPS) is 10.5. The molecule has 0 spiro atoms. The summed E-state index contributed by atoms with van der Waals surface area (Å²) < 4.78 is 21.1. The fourth-order valence-corrected chi connectivity index (χ4v) is 3.23. The van der Waals surface area contributed by atoms with Crippen molar-refractivity contribution in [3.05, 3.63) is 76.8 Å². The van der Waals surface area contributed by atoms with Gasteiger partial charge in [0.2, 0.25) is 0 Å². The Morgan fingerprint density at radius 3 is 2.37 bits per heavy atom. The number of benzene rings is 3. The fraction of sp³-hybridized carbons (Fsp3) is 0.160. The number of hydrogen-bond donors (Lipinski definition) is 2. The number of nitrogens with one attached hydrogen (secondary N) is 2. The highest BCUT2D eigenvalue weighted by Crippen LogP contribution is 2.36. The first-order valence-electron chi connectivity index (χ1n) is 10.3. The molecule has 9 nitrogen and oxygen atoms in total. The molecule has 10 heteroatoms. The average molecular weight is 498 g/mol.